The molecule has 0 fully saturated rings. The molecule has 0 saturated heterocycles. The third kappa shape index (κ3) is 2.96. The summed E-state index contributed by atoms with van der Waals surface area (Å²) in [6.45, 7) is 0. The highest BCUT2D eigenvalue weighted by molar-refractivity contribution is 9.10. The molecule has 18 heavy (non-hydrogen) atoms. The first-order chi connectivity index (χ1) is 8.56. The fourth-order valence-corrected chi connectivity index (χ4v) is 2.07. The molecule has 2 nitrogen and oxygen atoms in total. The van der Waals surface area contributed by atoms with Gasteiger partial charge in [0.15, 0.2) is 5.78 Å². The van der Waals surface area contributed by atoms with Crippen LogP contribution in [0.3, 0.4) is 0 Å². The number of ketones is 1. The van der Waals surface area contributed by atoms with E-state index in [0.29, 0.717) is 16.8 Å². The van der Waals surface area contributed by atoms with E-state index in [0.717, 1.165) is 4.47 Å². The van der Waals surface area contributed by atoms with E-state index in [1.807, 2.05) is 0 Å². The van der Waals surface area contributed by atoms with Crippen LogP contribution in [-0.4, -0.2) is 5.78 Å². The molecule has 0 saturated carbocycles. The number of rotatable bonds is 3. The smallest absolute Gasteiger partial charge is 0.167 e. The van der Waals surface area contributed by atoms with Gasteiger partial charge >= 0.3 is 0 Å². The van der Waals surface area contributed by atoms with Crippen LogP contribution in [0.5, 0.6) is 0 Å². The summed E-state index contributed by atoms with van der Waals surface area (Å²) in [4.78, 5) is 12.0. The molecule has 4 heteroatoms. The van der Waals surface area contributed by atoms with Crippen molar-refractivity contribution >= 4 is 27.4 Å². The van der Waals surface area contributed by atoms with Gasteiger partial charge in [-0.3, -0.25) is 4.79 Å². The van der Waals surface area contributed by atoms with Crippen molar-refractivity contribution in [1.82, 2.24) is 0 Å². The van der Waals surface area contributed by atoms with Gasteiger partial charge in [0.1, 0.15) is 5.82 Å². The fourth-order valence-electron chi connectivity index (χ4n) is 1.67. The van der Waals surface area contributed by atoms with Crippen LogP contribution in [0.1, 0.15) is 15.9 Å². The van der Waals surface area contributed by atoms with Gasteiger partial charge in [-0.25, -0.2) is 4.39 Å². The van der Waals surface area contributed by atoms with Crippen molar-refractivity contribution in [2.24, 2.45) is 0 Å². The lowest BCUT2D eigenvalue weighted by Gasteiger charge is -2.04. The Morgan fingerprint density at radius 1 is 1.22 bits per heavy atom. The number of carbonyl (C=O) groups excluding carboxylic acids is 1. The summed E-state index contributed by atoms with van der Waals surface area (Å²) in [6.07, 6.45) is 0.0225. The summed E-state index contributed by atoms with van der Waals surface area (Å²) < 4.78 is 14.3. The number of hydrogen-bond donors (Lipinski definition) is 1. The Bertz CT molecular complexity index is 598. The maximum absolute atomic E-state index is 13.5. The molecule has 0 bridgehead atoms. The molecule has 0 spiro atoms. The molecule has 0 aromatic heterocycles. The Morgan fingerprint density at radius 2 is 2.00 bits per heavy atom. The van der Waals surface area contributed by atoms with E-state index in [1.165, 1.54) is 6.07 Å². The summed E-state index contributed by atoms with van der Waals surface area (Å²) in [5.41, 5.74) is 7.00. The number of halogens is 2. The number of benzene rings is 2. The van der Waals surface area contributed by atoms with E-state index in [4.69, 9.17) is 5.73 Å². The van der Waals surface area contributed by atoms with Crippen LogP contribution < -0.4 is 5.73 Å². The third-order valence-corrected chi connectivity index (χ3v) is 3.06. The first-order valence-corrected chi connectivity index (χ1v) is 6.18. The lowest BCUT2D eigenvalue weighted by atomic mass is 10.0. The van der Waals surface area contributed by atoms with Gasteiger partial charge in [-0.15, -0.1) is 0 Å². The highest BCUT2D eigenvalue weighted by Crippen LogP contribution is 2.18. The van der Waals surface area contributed by atoms with Crippen LogP contribution in [0.15, 0.2) is 46.9 Å². The molecule has 0 unspecified atom stereocenters. The first kappa shape index (κ1) is 12.8. The molecule has 0 amide bonds. The van der Waals surface area contributed by atoms with Crippen molar-refractivity contribution in [3.8, 4) is 0 Å². The normalized spacial score (nSPS) is 10.3. The van der Waals surface area contributed by atoms with Crippen molar-refractivity contribution in [2.45, 2.75) is 6.42 Å². The Labute approximate surface area is 113 Å². The van der Waals surface area contributed by atoms with Crippen LogP contribution in [0.4, 0.5) is 10.1 Å². The Balaban J connectivity index is 2.24. The zero-order valence-electron chi connectivity index (χ0n) is 9.49. The lowest BCUT2D eigenvalue weighted by molar-refractivity contribution is 0.0992. The van der Waals surface area contributed by atoms with Crippen LogP contribution >= 0.6 is 15.9 Å². The lowest BCUT2D eigenvalue weighted by Crippen LogP contribution is -2.05. The Morgan fingerprint density at radius 3 is 2.72 bits per heavy atom. The first-order valence-electron chi connectivity index (χ1n) is 5.39. The van der Waals surface area contributed by atoms with Crippen molar-refractivity contribution in [3.63, 3.8) is 0 Å². The molecule has 2 aromatic rings. The second-order valence-electron chi connectivity index (χ2n) is 3.96. The number of carbonyl (C=O) groups is 1. The van der Waals surface area contributed by atoms with Crippen LogP contribution in [0.2, 0.25) is 0 Å². The van der Waals surface area contributed by atoms with Gasteiger partial charge in [-0.05, 0) is 35.9 Å². The Hall–Kier alpha value is -1.68. The van der Waals surface area contributed by atoms with Gasteiger partial charge in [0.05, 0.1) is 0 Å². The summed E-state index contributed by atoms with van der Waals surface area (Å²) in [7, 11) is 0. The topological polar surface area (TPSA) is 43.1 Å². The molecule has 0 heterocycles. The summed E-state index contributed by atoms with van der Waals surface area (Å²) >= 11 is 3.26. The summed E-state index contributed by atoms with van der Waals surface area (Å²) in [5, 5.41) is 0. The number of nitrogen functional groups attached to an aromatic ring is 1. The third-order valence-electron chi connectivity index (χ3n) is 2.57. The van der Waals surface area contributed by atoms with E-state index in [-0.39, 0.29) is 18.0 Å². The number of anilines is 1. The second kappa shape index (κ2) is 5.31. The molecule has 0 radical (unpaired) electrons. The molecule has 0 atom stereocenters. The SMILES string of the molecule is Nc1cccc(C(=O)Cc2cc(Br)ccc2F)c1. The van der Waals surface area contributed by atoms with Crippen molar-refractivity contribution in [3.05, 3.63) is 63.9 Å². The molecule has 2 rings (SSSR count). The van der Waals surface area contributed by atoms with Gasteiger partial charge in [0.2, 0.25) is 0 Å². The zero-order valence-corrected chi connectivity index (χ0v) is 11.1. The zero-order chi connectivity index (χ0) is 13.1. The average Bonchev–Trinajstić information content (AvgIpc) is 2.34. The molecule has 0 aliphatic rings. The highest BCUT2D eigenvalue weighted by atomic mass is 79.9. The standard InChI is InChI=1S/C14H11BrFNO/c15-11-4-5-13(16)10(6-11)8-14(18)9-2-1-3-12(17)7-9/h1-7H,8,17H2. The van der Waals surface area contributed by atoms with Gasteiger partial charge in [0.25, 0.3) is 0 Å². The monoisotopic (exact) mass is 307 g/mol. The molecule has 0 aliphatic carbocycles. The second-order valence-corrected chi connectivity index (χ2v) is 4.88. The molecule has 0 aliphatic heterocycles. The fraction of sp³-hybridized carbons (Fsp3) is 0.0714. The predicted octanol–water partition coefficient (Wildman–Crippen LogP) is 3.60. The van der Waals surface area contributed by atoms with E-state index in [2.05, 4.69) is 15.9 Å². The van der Waals surface area contributed by atoms with Crippen molar-refractivity contribution < 1.29 is 9.18 Å². The van der Waals surface area contributed by atoms with Crippen LogP contribution in [0, 0.1) is 5.82 Å². The number of nitrogens with two attached hydrogens (primary N) is 1. The van der Waals surface area contributed by atoms with Crippen molar-refractivity contribution in [1.29, 1.82) is 0 Å². The van der Waals surface area contributed by atoms with E-state index in [9.17, 15) is 9.18 Å². The minimum absolute atomic E-state index is 0.0225. The maximum Gasteiger partial charge on any atom is 0.167 e. The van der Waals surface area contributed by atoms with E-state index >= 15 is 0 Å². The van der Waals surface area contributed by atoms with Crippen molar-refractivity contribution in [2.75, 3.05) is 5.73 Å². The maximum atomic E-state index is 13.5. The van der Waals surface area contributed by atoms with Crippen LogP contribution in [0.25, 0.3) is 0 Å². The number of Topliss-reactive ketones (excluding diaryl/α,β-unsaturated/α-hetero) is 1. The minimum Gasteiger partial charge on any atom is -0.399 e. The number of hydrogen-bond acceptors (Lipinski definition) is 2. The molecule has 2 N–H and O–H groups in total. The van der Waals surface area contributed by atoms with Gasteiger partial charge in [0, 0.05) is 22.1 Å². The average molecular weight is 308 g/mol. The van der Waals surface area contributed by atoms with Gasteiger partial charge in [-0.1, -0.05) is 28.1 Å². The highest BCUT2D eigenvalue weighted by Gasteiger charge is 2.11. The predicted molar refractivity (Wildman–Crippen MR) is 73.0 cm³/mol. The summed E-state index contributed by atoms with van der Waals surface area (Å²) in [6, 6.07) is 11.2. The minimum atomic E-state index is -0.379. The van der Waals surface area contributed by atoms with Gasteiger partial charge < -0.3 is 5.73 Å². The van der Waals surface area contributed by atoms with E-state index < -0.39 is 0 Å². The summed E-state index contributed by atoms with van der Waals surface area (Å²) in [5.74, 6) is -0.533. The van der Waals surface area contributed by atoms with Crippen LogP contribution in [-0.2, 0) is 6.42 Å². The molecule has 92 valence electrons. The largest absolute Gasteiger partial charge is 0.399 e. The van der Waals surface area contributed by atoms with Gasteiger partial charge in [-0.2, -0.15) is 0 Å². The molecular formula is C14H11BrFNO. The quantitative estimate of drug-likeness (QED) is 0.695. The molecule has 2 aromatic carbocycles. The molecular weight excluding hydrogens is 297 g/mol. The van der Waals surface area contributed by atoms with E-state index in [1.54, 1.807) is 36.4 Å². The Kier molecular flexibility index (Phi) is 3.77.